The van der Waals surface area contributed by atoms with Crippen molar-refractivity contribution >= 4 is 23.0 Å². The summed E-state index contributed by atoms with van der Waals surface area (Å²) in [5.41, 5.74) is -1.58. The second-order valence-electron chi connectivity index (χ2n) is 4.36. The average Bonchev–Trinajstić information content (AvgIpc) is 2.42. The van der Waals surface area contributed by atoms with Gasteiger partial charge in [0.1, 0.15) is 11.7 Å². The first-order valence-electron chi connectivity index (χ1n) is 6.29. The van der Waals surface area contributed by atoms with Crippen LogP contribution in [0, 0.1) is 20.2 Å². The molecule has 0 heterocycles. The number of rotatable bonds is 8. The second-order valence-corrected chi connectivity index (χ2v) is 4.36. The van der Waals surface area contributed by atoms with E-state index in [1.165, 1.54) is 12.1 Å². The largest absolute Gasteiger partial charge is 0.480 e. The molecule has 0 aromatic heterocycles. The summed E-state index contributed by atoms with van der Waals surface area (Å²) in [6.07, 6.45) is 1.65. The van der Waals surface area contributed by atoms with Gasteiger partial charge in [0.15, 0.2) is 0 Å². The third kappa shape index (κ3) is 4.13. The van der Waals surface area contributed by atoms with Crippen LogP contribution in [0.25, 0.3) is 0 Å². The van der Waals surface area contributed by atoms with Crippen molar-refractivity contribution in [3.8, 4) is 0 Å². The van der Waals surface area contributed by atoms with E-state index in [1.54, 1.807) is 0 Å². The maximum atomic E-state index is 11.1. The lowest BCUT2D eigenvalue weighted by Gasteiger charge is -2.15. The number of nitrogens with one attached hydrogen (secondary N) is 1. The summed E-state index contributed by atoms with van der Waals surface area (Å²) in [7, 11) is 0. The first-order valence-corrected chi connectivity index (χ1v) is 6.29. The van der Waals surface area contributed by atoms with Crippen LogP contribution in [-0.4, -0.2) is 27.0 Å². The molecule has 1 aromatic rings. The van der Waals surface area contributed by atoms with Crippen molar-refractivity contribution in [3.05, 3.63) is 38.4 Å². The molecule has 1 rings (SSSR count). The SMILES string of the molecule is CCCCC(Nc1cccc([N+](=O)[O-])c1[N+](=O)[O-])C(=O)O. The van der Waals surface area contributed by atoms with Crippen LogP contribution in [0.3, 0.4) is 0 Å². The van der Waals surface area contributed by atoms with E-state index in [4.69, 9.17) is 5.11 Å². The molecular weight excluding hydrogens is 282 g/mol. The summed E-state index contributed by atoms with van der Waals surface area (Å²) in [6.45, 7) is 1.88. The van der Waals surface area contributed by atoms with Crippen LogP contribution in [-0.2, 0) is 4.79 Å². The lowest BCUT2D eigenvalue weighted by molar-refractivity contribution is -0.421. The highest BCUT2D eigenvalue weighted by Crippen LogP contribution is 2.34. The van der Waals surface area contributed by atoms with Crippen LogP contribution in [0.1, 0.15) is 26.2 Å². The van der Waals surface area contributed by atoms with Gasteiger partial charge in [-0.3, -0.25) is 20.2 Å². The van der Waals surface area contributed by atoms with Gasteiger partial charge in [0.2, 0.25) is 0 Å². The Kier molecular flexibility index (Phi) is 5.58. The normalized spacial score (nSPS) is 11.7. The Hall–Kier alpha value is -2.71. The Morgan fingerprint density at radius 2 is 2.00 bits per heavy atom. The average molecular weight is 297 g/mol. The Labute approximate surface area is 119 Å². The molecule has 0 aliphatic heterocycles. The van der Waals surface area contributed by atoms with Gasteiger partial charge >= 0.3 is 17.3 Å². The lowest BCUT2D eigenvalue weighted by Crippen LogP contribution is -2.29. The molecule has 0 amide bonds. The number of hydrogen-bond acceptors (Lipinski definition) is 6. The van der Waals surface area contributed by atoms with E-state index < -0.39 is 33.2 Å². The molecule has 9 heteroatoms. The van der Waals surface area contributed by atoms with Gasteiger partial charge in [-0.05, 0) is 12.5 Å². The Balaban J connectivity index is 3.17. The first kappa shape index (κ1) is 16.3. The first-order chi connectivity index (χ1) is 9.88. The second kappa shape index (κ2) is 7.17. The molecule has 114 valence electrons. The molecule has 0 fully saturated rings. The topological polar surface area (TPSA) is 136 Å². The lowest BCUT2D eigenvalue weighted by atomic mass is 10.1. The predicted molar refractivity (Wildman–Crippen MR) is 74.3 cm³/mol. The number of aliphatic carboxylic acids is 1. The molecule has 0 spiro atoms. The predicted octanol–water partition coefficient (Wildman–Crippen LogP) is 2.56. The van der Waals surface area contributed by atoms with Crippen molar-refractivity contribution in [2.24, 2.45) is 0 Å². The number of benzene rings is 1. The van der Waals surface area contributed by atoms with Gasteiger partial charge in [-0.15, -0.1) is 0 Å². The van der Waals surface area contributed by atoms with Crippen LogP contribution in [0.15, 0.2) is 18.2 Å². The van der Waals surface area contributed by atoms with E-state index in [1.807, 2.05) is 6.92 Å². The van der Waals surface area contributed by atoms with Crippen molar-refractivity contribution in [1.29, 1.82) is 0 Å². The van der Waals surface area contributed by atoms with E-state index in [2.05, 4.69) is 5.32 Å². The summed E-state index contributed by atoms with van der Waals surface area (Å²) in [6, 6.07) is 2.50. The molecule has 1 aromatic carbocycles. The molecule has 0 saturated carbocycles. The van der Waals surface area contributed by atoms with Crippen molar-refractivity contribution in [1.82, 2.24) is 0 Å². The number of carboxylic acids is 1. The summed E-state index contributed by atoms with van der Waals surface area (Å²) in [5.74, 6) is -1.16. The number of para-hydroxylation sites is 1. The maximum Gasteiger partial charge on any atom is 0.368 e. The van der Waals surface area contributed by atoms with E-state index in [-0.39, 0.29) is 12.1 Å². The zero-order valence-corrected chi connectivity index (χ0v) is 11.3. The molecular formula is C12H15N3O6. The highest BCUT2D eigenvalue weighted by atomic mass is 16.6. The molecule has 21 heavy (non-hydrogen) atoms. The molecule has 1 unspecified atom stereocenters. The Morgan fingerprint density at radius 1 is 1.33 bits per heavy atom. The minimum Gasteiger partial charge on any atom is -0.480 e. The van der Waals surface area contributed by atoms with Crippen LogP contribution in [0.2, 0.25) is 0 Å². The Morgan fingerprint density at radius 3 is 2.48 bits per heavy atom. The van der Waals surface area contributed by atoms with Crippen molar-refractivity contribution in [3.63, 3.8) is 0 Å². The molecule has 2 N–H and O–H groups in total. The highest BCUT2D eigenvalue weighted by molar-refractivity contribution is 5.80. The fraction of sp³-hybridized carbons (Fsp3) is 0.417. The quantitative estimate of drug-likeness (QED) is 0.555. The zero-order valence-electron chi connectivity index (χ0n) is 11.3. The summed E-state index contributed by atoms with van der Waals surface area (Å²) in [4.78, 5) is 31.2. The smallest absolute Gasteiger partial charge is 0.368 e. The Bertz CT molecular complexity index is 560. The highest BCUT2D eigenvalue weighted by Gasteiger charge is 2.30. The third-order valence-corrected chi connectivity index (χ3v) is 2.87. The number of hydrogen-bond donors (Lipinski definition) is 2. The number of anilines is 1. The van der Waals surface area contributed by atoms with E-state index in [0.29, 0.717) is 6.42 Å². The van der Waals surface area contributed by atoms with Gasteiger partial charge in [-0.1, -0.05) is 25.8 Å². The maximum absolute atomic E-state index is 11.1. The number of carbonyl (C=O) groups is 1. The summed E-state index contributed by atoms with van der Waals surface area (Å²) < 4.78 is 0. The molecule has 0 bridgehead atoms. The van der Waals surface area contributed by atoms with E-state index >= 15 is 0 Å². The zero-order chi connectivity index (χ0) is 16.0. The van der Waals surface area contributed by atoms with Gasteiger partial charge in [-0.2, -0.15) is 0 Å². The molecule has 0 saturated heterocycles. The fourth-order valence-corrected chi connectivity index (χ4v) is 1.84. The number of carboxylic acid groups (broad SMARTS) is 1. The van der Waals surface area contributed by atoms with Crippen molar-refractivity contribution in [2.75, 3.05) is 5.32 Å². The third-order valence-electron chi connectivity index (χ3n) is 2.87. The summed E-state index contributed by atoms with van der Waals surface area (Å²) in [5, 5.41) is 33.5. The van der Waals surface area contributed by atoms with Crippen LogP contribution >= 0.6 is 0 Å². The van der Waals surface area contributed by atoms with Gasteiger partial charge in [0, 0.05) is 6.07 Å². The van der Waals surface area contributed by atoms with Gasteiger partial charge < -0.3 is 10.4 Å². The molecule has 0 aliphatic rings. The van der Waals surface area contributed by atoms with Gasteiger partial charge in [0.25, 0.3) is 0 Å². The summed E-state index contributed by atoms with van der Waals surface area (Å²) >= 11 is 0. The van der Waals surface area contributed by atoms with Crippen LogP contribution in [0.5, 0.6) is 0 Å². The van der Waals surface area contributed by atoms with Gasteiger partial charge in [0.05, 0.1) is 9.85 Å². The van der Waals surface area contributed by atoms with Crippen molar-refractivity contribution in [2.45, 2.75) is 32.2 Å². The minimum absolute atomic E-state index is 0.169. The van der Waals surface area contributed by atoms with E-state index in [9.17, 15) is 25.0 Å². The fourth-order valence-electron chi connectivity index (χ4n) is 1.84. The molecule has 9 nitrogen and oxygen atoms in total. The van der Waals surface area contributed by atoms with Crippen LogP contribution in [0.4, 0.5) is 17.1 Å². The minimum atomic E-state index is -1.16. The van der Waals surface area contributed by atoms with Crippen LogP contribution < -0.4 is 5.32 Å². The number of nitrogens with zero attached hydrogens (tertiary/aromatic N) is 2. The van der Waals surface area contributed by atoms with Gasteiger partial charge in [-0.25, -0.2) is 4.79 Å². The van der Waals surface area contributed by atoms with E-state index in [0.717, 1.165) is 12.5 Å². The van der Waals surface area contributed by atoms with Crippen molar-refractivity contribution < 1.29 is 19.7 Å². The molecule has 0 aliphatic carbocycles. The number of nitro groups is 2. The molecule has 1 atom stereocenters. The monoisotopic (exact) mass is 297 g/mol. The molecule has 0 radical (unpaired) electrons. The standard InChI is InChI=1S/C12H15N3O6/c1-2-3-5-9(12(16)17)13-8-6-4-7-10(14(18)19)11(8)15(20)21/h4,6-7,9,13H,2-3,5H2,1H3,(H,16,17). The number of unbranched alkanes of at least 4 members (excludes halogenated alkanes) is 1. The number of nitro benzene ring substituents is 2.